The lowest BCUT2D eigenvalue weighted by Gasteiger charge is -2.21. The van der Waals surface area contributed by atoms with Crippen molar-refractivity contribution in [1.29, 1.82) is 0 Å². The molecule has 1 heterocycles. The highest BCUT2D eigenvalue weighted by Gasteiger charge is 2.38. The van der Waals surface area contributed by atoms with Crippen LogP contribution in [0.1, 0.15) is 23.6 Å². The molecule has 0 bridgehead atoms. The van der Waals surface area contributed by atoms with Gasteiger partial charge in [0.05, 0.1) is 23.6 Å². The number of rotatable bonds is 10. The van der Waals surface area contributed by atoms with Crippen molar-refractivity contribution in [3.8, 4) is 0 Å². The fourth-order valence-electron chi connectivity index (χ4n) is 3.60. The van der Waals surface area contributed by atoms with Crippen LogP contribution >= 0.6 is 0 Å². The number of nitrogens with one attached hydrogen (secondary N) is 1. The van der Waals surface area contributed by atoms with E-state index in [-0.39, 0.29) is 19.7 Å². The van der Waals surface area contributed by atoms with E-state index in [9.17, 15) is 26.4 Å². The van der Waals surface area contributed by atoms with Crippen LogP contribution in [0, 0.1) is 0 Å². The molecule has 1 aliphatic heterocycles. The van der Waals surface area contributed by atoms with Crippen LogP contribution in [-0.4, -0.2) is 75.8 Å². The Bertz CT molecular complexity index is 1200. The molecule has 36 heavy (non-hydrogen) atoms. The van der Waals surface area contributed by atoms with Gasteiger partial charge < -0.3 is 15.0 Å². The van der Waals surface area contributed by atoms with Crippen molar-refractivity contribution in [2.45, 2.75) is 30.6 Å². The molecular weight excluding hydrogens is 497 g/mol. The molecular formula is C24H29F3N4O4S. The van der Waals surface area contributed by atoms with Gasteiger partial charge in [-0.3, -0.25) is 9.79 Å². The highest BCUT2D eigenvalue weighted by Crippen LogP contribution is 2.34. The average molecular weight is 527 g/mol. The zero-order valence-electron chi connectivity index (χ0n) is 20.2. The van der Waals surface area contributed by atoms with Crippen LogP contribution in [0.2, 0.25) is 0 Å². The second-order valence-corrected chi connectivity index (χ2v) is 10.4. The van der Waals surface area contributed by atoms with E-state index in [4.69, 9.17) is 4.74 Å². The number of ether oxygens (including phenoxy) is 1. The number of halogens is 3. The first-order valence-electron chi connectivity index (χ1n) is 11.3. The third-order valence-corrected chi connectivity index (χ3v) is 7.68. The van der Waals surface area contributed by atoms with Gasteiger partial charge in [0.2, 0.25) is 15.9 Å². The minimum Gasteiger partial charge on any atom is -0.367 e. The molecule has 0 fully saturated rings. The van der Waals surface area contributed by atoms with E-state index in [2.05, 4.69) is 15.2 Å². The van der Waals surface area contributed by atoms with E-state index in [1.54, 1.807) is 0 Å². The summed E-state index contributed by atoms with van der Waals surface area (Å²) in [6, 6.07) is 11.7. The van der Waals surface area contributed by atoms with Gasteiger partial charge in [0.15, 0.2) is 0 Å². The lowest BCUT2D eigenvalue weighted by molar-refractivity contribution is -0.140. The van der Waals surface area contributed by atoms with Gasteiger partial charge in [0, 0.05) is 39.3 Å². The molecule has 2 aromatic carbocycles. The number of likely N-dealkylation sites (N-methyl/N-ethyl adjacent to an activating group) is 2. The van der Waals surface area contributed by atoms with Crippen LogP contribution in [0.4, 0.5) is 13.2 Å². The molecule has 3 rings (SSSR count). The average Bonchev–Trinajstić information content (AvgIpc) is 3.27. The molecule has 1 atom stereocenters. The zero-order valence-corrected chi connectivity index (χ0v) is 21.1. The molecule has 0 spiro atoms. The van der Waals surface area contributed by atoms with Gasteiger partial charge in [-0.05, 0) is 24.6 Å². The molecule has 8 nitrogen and oxygen atoms in total. The smallest absolute Gasteiger partial charge is 0.367 e. The standard InChI is InChI=1S/C24H29F3N4O4S/c1-17(23(32)29-16-18-8-10-19(11-9-18)22-28-12-13-30(22)2)35-15-14-31(3)36(33,34)21-7-5-4-6-20(21)24(25,26)27/h4-11,17H,12-16H2,1-3H3,(H,29,32). The fourth-order valence-corrected chi connectivity index (χ4v) is 4.96. The van der Waals surface area contributed by atoms with Crippen LogP contribution in [0.5, 0.6) is 0 Å². The van der Waals surface area contributed by atoms with Crippen molar-refractivity contribution in [3.63, 3.8) is 0 Å². The number of carbonyl (C=O) groups excluding carboxylic acids is 1. The van der Waals surface area contributed by atoms with Crippen LogP contribution in [0.3, 0.4) is 0 Å². The van der Waals surface area contributed by atoms with E-state index in [0.29, 0.717) is 0 Å². The highest BCUT2D eigenvalue weighted by atomic mass is 32.2. The molecule has 12 heteroatoms. The Balaban J connectivity index is 1.48. The minimum absolute atomic E-state index is 0.178. The third kappa shape index (κ3) is 6.62. The quantitative estimate of drug-likeness (QED) is 0.514. The predicted molar refractivity (Wildman–Crippen MR) is 129 cm³/mol. The molecule has 1 N–H and O–H groups in total. The fraction of sp³-hybridized carbons (Fsp3) is 0.417. The van der Waals surface area contributed by atoms with Crippen molar-refractivity contribution >= 4 is 21.8 Å². The Morgan fingerprint density at radius 1 is 1.19 bits per heavy atom. The Hall–Kier alpha value is -2.96. The zero-order chi connectivity index (χ0) is 26.5. The number of hydrogen-bond acceptors (Lipinski definition) is 6. The van der Waals surface area contributed by atoms with Gasteiger partial charge in [0.1, 0.15) is 11.9 Å². The largest absolute Gasteiger partial charge is 0.417 e. The van der Waals surface area contributed by atoms with Crippen LogP contribution in [0.25, 0.3) is 0 Å². The summed E-state index contributed by atoms with van der Waals surface area (Å²) in [6.07, 6.45) is -5.70. The third-order valence-electron chi connectivity index (χ3n) is 5.76. The summed E-state index contributed by atoms with van der Waals surface area (Å²) in [5.41, 5.74) is 0.648. The molecule has 1 aliphatic rings. The van der Waals surface area contributed by atoms with Crippen LogP contribution in [-0.2, 0) is 32.3 Å². The molecule has 1 amide bonds. The lowest BCUT2D eigenvalue weighted by Crippen LogP contribution is -2.37. The number of aliphatic imine (C=N–C) groups is 1. The van der Waals surface area contributed by atoms with E-state index >= 15 is 0 Å². The summed E-state index contributed by atoms with van der Waals surface area (Å²) in [6.45, 7) is 3.03. The number of alkyl halides is 3. The number of sulfonamides is 1. The van der Waals surface area contributed by atoms with Crippen molar-refractivity contribution in [1.82, 2.24) is 14.5 Å². The van der Waals surface area contributed by atoms with Gasteiger partial charge >= 0.3 is 6.18 Å². The molecule has 0 saturated carbocycles. The van der Waals surface area contributed by atoms with E-state index < -0.39 is 38.7 Å². The summed E-state index contributed by atoms with van der Waals surface area (Å²) in [4.78, 5) is 18.1. The Morgan fingerprint density at radius 3 is 2.47 bits per heavy atom. The van der Waals surface area contributed by atoms with E-state index in [0.717, 1.165) is 59.6 Å². The molecule has 2 aromatic rings. The number of benzene rings is 2. The second kappa shape index (κ2) is 11.4. The van der Waals surface area contributed by atoms with Crippen molar-refractivity contribution < 1.29 is 31.1 Å². The number of carbonyl (C=O) groups is 1. The van der Waals surface area contributed by atoms with Crippen LogP contribution < -0.4 is 5.32 Å². The maximum atomic E-state index is 13.2. The van der Waals surface area contributed by atoms with Crippen molar-refractivity contribution in [2.75, 3.05) is 40.3 Å². The molecule has 0 aromatic heterocycles. The molecule has 0 aliphatic carbocycles. The molecule has 0 radical (unpaired) electrons. The lowest BCUT2D eigenvalue weighted by atomic mass is 10.1. The van der Waals surface area contributed by atoms with Gasteiger partial charge in [-0.1, -0.05) is 36.4 Å². The van der Waals surface area contributed by atoms with Gasteiger partial charge in [0.25, 0.3) is 0 Å². The Kier molecular flexibility index (Phi) is 8.75. The number of amides is 1. The van der Waals surface area contributed by atoms with Gasteiger partial charge in [-0.25, -0.2) is 8.42 Å². The van der Waals surface area contributed by atoms with Crippen molar-refractivity contribution in [2.24, 2.45) is 4.99 Å². The first kappa shape index (κ1) is 27.6. The molecule has 196 valence electrons. The summed E-state index contributed by atoms with van der Waals surface area (Å²) in [5, 5.41) is 2.75. The maximum absolute atomic E-state index is 13.2. The normalized spacial score (nSPS) is 15.2. The summed E-state index contributed by atoms with van der Waals surface area (Å²) < 4.78 is 71.2. The summed E-state index contributed by atoms with van der Waals surface area (Å²) >= 11 is 0. The molecule has 0 saturated heterocycles. The van der Waals surface area contributed by atoms with E-state index in [1.165, 1.54) is 13.0 Å². The Labute approximate surface area is 208 Å². The second-order valence-electron chi connectivity index (χ2n) is 8.38. The van der Waals surface area contributed by atoms with Gasteiger partial charge in [-0.2, -0.15) is 17.5 Å². The first-order chi connectivity index (χ1) is 16.9. The number of hydrogen-bond donors (Lipinski definition) is 1. The Morgan fingerprint density at radius 2 is 1.86 bits per heavy atom. The topological polar surface area (TPSA) is 91.3 Å². The highest BCUT2D eigenvalue weighted by molar-refractivity contribution is 7.89. The van der Waals surface area contributed by atoms with Crippen LogP contribution in [0.15, 0.2) is 58.4 Å². The maximum Gasteiger partial charge on any atom is 0.417 e. The SMILES string of the molecule is CC(OCCN(C)S(=O)(=O)c1ccccc1C(F)(F)F)C(=O)NCc1ccc(C2=NCCN2C)cc1. The number of amidine groups is 1. The van der Waals surface area contributed by atoms with E-state index in [1.807, 2.05) is 31.3 Å². The number of nitrogens with zero attached hydrogens (tertiary/aromatic N) is 3. The first-order valence-corrected chi connectivity index (χ1v) is 12.7. The van der Waals surface area contributed by atoms with Crippen molar-refractivity contribution in [3.05, 3.63) is 65.2 Å². The van der Waals surface area contributed by atoms with Gasteiger partial charge in [-0.15, -0.1) is 0 Å². The predicted octanol–water partition coefficient (Wildman–Crippen LogP) is 2.74. The monoisotopic (exact) mass is 526 g/mol. The minimum atomic E-state index is -4.81. The summed E-state index contributed by atoms with van der Waals surface area (Å²) in [7, 11) is -1.27. The molecule has 1 unspecified atom stereocenters. The summed E-state index contributed by atoms with van der Waals surface area (Å²) in [5.74, 6) is 0.536.